The third-order valence-electron chi connectivity index (χ3n) is 3.08. The molecule has 132 valence electrons. The molecule has 0 aliphatic carbocycles. The average Bonchev–Trinajstić information content (AvgIpc) is 2.45. The van der Waals surface area contributed by atoms with Crippen molar-refractivity contribution in [3.63, 3.8) is 0 Å². The van der Waals surface area contributed by atoms with Crippen LogP contribution in [-0.4, -0.2) is 29.0 Å². The summed E-state index contributed by atoms with van der Waals surface area (Å²) in [6.45, 7) is 13.6. The number of hydrogen-bond donors (Lipinski definition) is 0. The molecular weight excluding hydrogens is 368 g/mol. The summed E-state index contributed by atoms with van der Waals surface area (Å²) in [5, 5.41) is 5.75. The minimum absolute atomic E-state index is 0.216. The highest BCUT2D eigenvalue weighted by Crippen LogP contribution is 2.18. The van der Waals surface area contributed by atoms with Gasteiger partial charge in [-0.3, -0.25) is 0 Å². The molecule has 0 aromatic heterocycles. The van der Waals surface area contributed by atoms with Crippen LogP contribution < -0.4 is 0 Å². The van der Waals surface area contributed by atoms with E-state index in [1.807, 2.05) is 45.0 Å². The zero-order valence-corrected chi connectivity index (χ0v) is 16.7. The SMILES string of the molecule is C=CC(CC(C)C)N(/N=C/c1ccc(Br)cc1)C(=O)OC(C)(C)C. The van der Waals surface area contributed by atoms with E-state index < -0.39 is 11.7 Å². The van der Waals surface area contributed by atoms with Gasteiger partial charge in [0.25, 0.3) is 0 Å². The largest absolute Gasteiger partial charge is 0.442 e. The van der Waals surface area contributed by atoms with Gasteiger partial charge in [-0.1, -0.05) is 48.0 Å². The minimum atomic E-state index is -0.577. The lowest BCUT2D eigenvalue weighted by atomic mass is 10.0. The molecule has 5 heteroatoms. The van der Waals surface area contributed by atoms with E-state index in [9.17, 15) is 4.79 Å². The van der Waals surface area contributed by atoms with Crippen molar-refractivity contribution in [1.29, 1.82) is 0 Å². The summed E-state index contributed by atoms with van der Waals surface area (Å²) in [5.74, 6) is 0.404. The van der Waals surface area contributed by atoms with Crippen LogP contribution in [0.3, 0.4) is 0 Å². The van der Waals surface area contributed by atoms with E-state index >= 15 is 0 Å². The van der Waals surface area contributed by atoms with Gasteiger partial charge in [0.05, 0.1) is 12.3 Å². The van der Waals surface area contributed by atoms with Gasteiger partial charge in [0.2, 0.25) is 0 Å². The average molecular weight is 395 g/mol. The number of amides is 1. The lowest BCUT2D eigenvalue weighted by Crippen LogP contribution is -2.40. The standard InChI is InChI=1S/C19H27BrN2O2/c1-7-17(12-14(2)3)22(18(23)24-19(4,5)6)21-13-15-8-10-16(20)11-9-15/h7-11,13-14,17H,1,12H2,2-6H3/b21-13+. The Balaban J connectivity index is 3.04. The molecule has 0 saturated heterocycles. The Morgan fingerprint density at radius 2 is 1.92 bits per heavy atom. The summed E-state index contributed by atoms with van der Waals surface area (Å²) < 4.78 is 6.48. The molecule has 0 heterocycles. The van der Waals surface area contributed by atoms with Crippen LogP contribution >= 0.6 is 15.9 Å². The van der Waals surface area contributed by atoms with Gasteiger partial charge in [0, 0.05) is 4.47 Å². The topological polar surface area (TPSA) is 41.9 Å². The van der Waals surface area contributed by atoms with Gasteiger partial charge >= 0.3 is 6.09 Å². The number of ether oxygens (including phenoxy) is 1. The second-order valence-corrected chi connectivity index (χ2v) is 7.97. The van der Waals surface area contributed by atoms with Crippen molar-refractivity contribution in [2.45, 2.75) is 52.7 Å². The molecule has 0 bridgehead atoms. The lowest BCUT2D eigenvalue weighted by Gasteiger charge is -2.29. The highest BCUT2D eigenvalue weighted by atomic mass is 79.9. The maximum absolute atomic E-state index is 12.6. The molecule has 1 unspecified atom stereocenters. The molecule has 0 radical (unpaired) electrons. The molecule has 24 heavy (non-hydrogen) atoms. The fourth-order valence-corrected chi connectivity index (χ4v) is 2.30. The van der Waals surface area contributed by atoms with Gasteiger partial charge in [-0.25, -0.2) is 4.79 Å². The molecule has 0 N–H and O–H groups in total. The molecule has 1 rings (SSSR count). The number of hydrazone groups is 1. The Bertz CT molecular complexity index is 574. The van der Waals surface area contributed by atoms with Gasteiger partial charge in [-0.2, -0.15) is 10.1 Å². The van der Waals surface area contributed by atoms with Gasteiger partial charge in [-0.15, -0.1) is 6.58 Å². The first-order valence-corrected chi connectivity index (χ1v) is 8.86. The van der Waals surface area contributed by atoms with E-state index in [0.29, 0.717) is 5.92 Å². The quantitative estimate of drug-likeness (QED) is 0.356. The second kappa shape index (κ2) is 9.02. The summed E-state index contributed by atoms with van der Waals surface area (Å²) in [6.07, 6.45) is 3.69. The van der Waals surface area contributed by atoms with Gasteiger partial charge in [0.15, 0.2) is 0 Å². The number of hydrogen-bond acceptors (Lipinski definition) is 3. The van der Waals surface area contributed by atoms with Crippen LogP contribution in [0.15, 0.2) is 46.5 Å². The Morgan fingerprint density at radius 1 is 1.33 bits per heavy atom. The first-order valence-electron chi connectivity index (χ1n) is 8.06. The van der Waals surface area contributed by atoms with Crippen molar-refractivity contribution in [3.05, 3.63) is 47.0 Å². The highest BCUT2D eigenvalue weighted by molar-refractivity contribution is 9.10. The van der Waals surface area contributed by atoms with Crippen LogP contribution in [0.25, 0.3) is 0 Å². The predicted octanol–water partition coefficient (Wildman–Crippen LogP) is 5.62. The number of carbonyl (C=O) groups is 1. The first-order chi connectivity index (χ1) is 11.1. The normalized spacial score (nSPS) is 13.1. The molecule has 0 aliphatic heterocycles. The number of nitrogens with zero attached hydrogens (tertiary/aromatic N) is 2. The Labute approximate surface area is 153 Å². The van der Waals surface area contributed by atoms with E-state index in [-0.39, 0.29) is 6.04 Å². The summed E-state index contributed by atoms with van der Waals surface area (Å²) in [6, 6.07) is 7.49. The summed E-state index contributed by atoms with van der Waals surface area (Å²) in [5.41, 5.74) is 0.325. The van der Waals surface area contributed by atoms with Crippen LogP contribution in [0.5, 0.6) is 0 Å². The fraction of sp³-hybridized carbons (Fsp3) is 0.474. The summed E-state index contributed by atoms with van der Waals surface area (Å²) in [7, 11) is 0. The third kappa shape index (κ3) is 7.30. The van der Waals surface area contributed by atoms with E-state index in [1.54, 1.807) is 12.3 Å². The van der Waals surface area contributed by atoms with E-state index in [2.05, 4.69) is 41.5 Å². The van der Waals surface area contributed by atoms with E-state index in [0.717, 1.165) is 16.5 Å². The van der Waals surface area contributed by atoms with E-state index in [1.165, 1.54) is 5.01 Å². The highest BCUT2D eigenvalue weighted by Gasteiger charge is 2.27. The smallest absolute Gasteiger partial charge is 0.431 e. The summed E-state index contributed by atoms with van der Waals surface area (Å²) >= 11 is 3.40. The maximum Gasteiger partial charge on any atom is 0.431 e. The molecule has 0 spiro atoms. The monoisotopic (exact) mass is 394 g/mol. The van der Waals surface area contributed by atoms with Gasteiger partial charge in [-0.05, 0) is 50.8 Å². The minimum Gasteiger partial charge on any atom is -0.442 e. The van der Waals surface area contributed by atoms with Crippen LogP contribution in [-0.2, 0) is 4.74 Å². The van der Waals surface area contributed by atoms with Crippen molar-refractivity contribution < 1.29 is 9.53 Å². The Kier molecular flexibility index (Phi) is 7.67. The third-order valence-corrected chi connectivity index (χ3v) is 3.61. The van der Waals surface area contributed by atoms with Gasteiger partial charge in [0.1, 0.15) is 5.60 Å². The molecule has 0 aliphatic rings. The Morgan fingerprint density at radius 3 is 2.38 bits per heavy atom. The molecule has 1 aromatic carbocycles. The van der Waals surface area contributed by atoms with Crippen molar-refractivity contribution >= 4 is 28.2 Å². The molecule has 4 nitrogen and oxygen atoms in total. The van der Waals surface area contributed by atoms with Crippen molar-refractivity contribution in [3.8, 4) is 0 Å². The number of rotatable bonds is 6. The van der Waals surface area contributed by atoms with Crippen LogP contribution in [0.2, 0.25) is 0 Å². The predicted molar refractivity (Wildman–Crippen MR) is 103 cm³/mol. The fourth-order valence-electron chi connectivity index (χ4n) is 2.03. The van der Waals surface area contributed by atoms with Crippen LogP contribution in [0.4, 0.5) is 4.79 Å². The number of benzene rings is 1. The van der Waals surface area contributed by atoms with Crippen molar-refractivity contribution in [2.75, 3.05) is 0 Å². The zero-order valence-electron chi connectivity index (χ0n) is 15.1. The molecule has 1 aromatic rings. The van der Waals surface area contributed by atoms with E-state index in [4.69, 9.17) is 4.74 Å². The van der Waals surface area contributed by atoms with Crippen molar-refractivity contribution in [2.24, 2.45) is 11.0 Å². The molecule has 0 saturated carbocycles. The van der Waals surface area contributed by atoms with Crippen LogP contribution in [0, 0.1) is 5.92 Å². The van der Waals surface area contributed by atoms with Gasteiger partial charge < -0.3 is 4.74 Å². The number of carbonyl (C=O) groups excluding carboxylic acids is 1. The molecule has 1 atom stereocenters. The first kappa shape index (κ1) is 20.4. The maximum atomic E-state index is 12.6. The zero-order chi connectivity index (χ0) is 18.3. The van der Waals surface area contributed by atoms with Crippen molar-refractivity contribution in [1.82, 2.24) is 5.01 Å². The number of halogens is 1. The second-order valence-electron chi connectivity index (χ2n) is 7.05. The van der Waals surface area contributed by atoms with Crippen LogP contribution in [0.1, 0.15) is 46.6 Å². The summed E-state index contributed by atoms with van der Waals surface area (Å²) in [4.78, 5) is 12.6. The molecular formula is C19H27BrN2O2. The lowest BCUT2D eigenvalue weighted by molar-refractivity contribution is 0.0191. The molecule has 1 amide bonds. The molecule has 0 fully saturated rings. The Hall–Kier alpha value is -1.62.